The predicted octanol–water partition coefficient (Wildman–Crippen LogP) is 2.35. The Morgan fingerprint density at radius 3 is 2.26 bits per heavy atom. The van der Waals surface area contributed by atoms with Gasteiger partial charge in [-0.05, 0) is 23.6 Å². The lowest BCUT2D eigenvalue weighted by molar-refractivity contribution is 0.103. The second-order valence-corrected chi connectivity index (χ2v) is 5.17. The molecule has 0 aliphatic carbocycles. The minimum Gasteiger partial charge on any atom is -0.388 e. The molecule has 0 fully saturated rings. The molecule has 0 aliphatic heterocycles. The molecule has 0 saturated heterocycles. The van der Waals surface area contributed by atoms with E-state index < -0.39 is 6.10 Å². The number of aromatic nitrogens is 2. The fourth-order valence-corrected chi connectivity index (χ4v) is 2.72. The summed E-state index contributed by atoms with van der Waals surface area (Å²) >= 11 is 0. The van der Waals surface area contributed by atoms with E-state index in [4.69, 9.17) is 0 Å². The first kappa shape index (κ1) is 13.9. The Balaban J connectivity index is 2.53. The van der Waals surface area contributed by atoms with Crippen molar-refractivity contribution in [3.05, 3.63) is 34.2 Å². The number of hydrogen-bond donors (Lipinski definition) is 1. The molecule has 4 nitrogen and oxygen atoms in total. The van der Waals surface area contributed by atoms with Crippen molar-refractivity contribution in [3.63, 3.8) is 0 Å². The van der Waals surface area contributed by atoms with E-state index in [0.717, 1.165) is 29.4 Å². The van der Waals surface area contributed by atoms with Crippen LogP contribution in [0, 0.1) is 5.92 Å². The van der Waals surface area contributed by atoms with E-state index in [0.29, 0.717) is 0 Å². The zero-order valence-electron chi connectivity index (χ0n) is 12.1. The molecule has 2 aromatic rings. The second kappa shape index (κ2) is 5.21. The summed E-state index contributed by atoms with van der Waals surface area (Å²) in [5, 5.41) is 10.4. The summed E-state index contributed by atoms with van der Waals surface area (Å²) in [7, 11) is 3.53. The van der Waals surface area contributed by atoms with Crippen LogP contribution in [0.15, 0.2) is 23.0 Å². The van der Waals surface area contributed by atoms with Crippen molar-refractivity contribution in [1.29, 1.82) is 0 Å². The molecule has 4 heteroatoms. The molecule has 1 heterocycles. The van der Waals surface area contributed by atoms with Crippen LogP contribution >= 0.6 is 0 Å². The normalized spacial score (nSPS) is 13.4. The van der Waals surface area contributed by atoms with Crippen molar-refractivity contribution in [2.75, 3.05) is 0 Å². The molecular weight excluding hydrogens is 240 g/mol. The average molecular weight is 262 g/mol. The van der Waals surface area contributed by atoms with Crippen molar-refractivity contribution in [3.8, 4) is 0 Å². The Bertz CT molecular complexity index is 635. The van der Waals surface area contributed by atoms with Crippen molar-refractivity contribution in [2.24, 2.45) is 20.0 Å². The van der Waals surface area contributed by atoms with Gasteiger partial charge in [-0.25, -0.2) is 4.79 Å². The molecular formula is C15H22N2O2. The molecule has 0 spiro atoms. The van der Waals surface area contributed by atoms with Gasteiger partial charge in [-0.1, -0.05) is 32.8 Å². The van der Waals surface area contributed by atoms with Gasteiger partial charge in [0.25, 0.3) is 0 Å². The van der Waals surface area contributed by atoms with Crippen molar-refractivity contribution < 1.29 is 5.11 Å². The molecule has 1 aromatic carbocycles. The number of aliphatic hydroxyl groups excluding tert-OH is 1. The van der Waals surface area contributed by atoms with E-state index in [1.54, 1.807) is 23.2 Å². The van der Waals surface area contributed by atoms with Gasteiger partial charge in [0.05, 0.1) is 17.1 Å². The van der Waals surface area contributed by atoms with Gasteiger partial charge in [0.2, 0.25) is 0 Å². The SMILES string of the molecule is CCC(CC)C(O)c1ccc2c(c1)n(C)c(=O)n2C. The summed E-state index contributed by atoms with van der Waals surface area (Å²) in [6, 6.07) is 5.77. The van der Waals surface area contributed by atoms with Gasteiger partial charge in [0, 0.05) is 14.1 Å². The van der Waals surface area contributed by atoms with Gasteiger partial charge in [0.15, 0.2) is 0 Å². The minimum atomic E-state index is -0.463. The first-order valence-corrected chi connectivity index (χ1v) is 6.84. The highest BCUT2D eigenvalue weighted by atomic mass is 16.3. The van der Waals surface area contributed by atoms with Crippen molar-refractivity contribution in [1.82, 2.24) is 9.13 Å². The van der Waals surface area contributed by atoms with Gasteiger partial charge in [-0.15, -0.1) is 0 Å². The third kappa shape index (κ3) is 2.21. The Morgan fingerprint density at radius 1 is 1.11 bits per heavy atom. The molecule has 0 amide bonds. The number of aryl methyl sites for hydroxylation is 2. The van der Waals surface area contributed by atoms with Crippen LogP contribution in [0.1, 0.15) is 38.4 Å². The van der Waals surface area contributed by atoms with Crippen LogP contribution in [0.25, 0.3) is 11.0 Å². The van der Waals surface area contributed by atoms with E-state index in [-0.39, 0.29) is 11.6 Å². The Morgan fingerprint density at radius 2 is 1.68 bits per heavy atom. The molecule has 1 N–H and O–H groups in total. The number of nitrogens with zero attached hydrogens (tertiary/aromatic N) is 2. The summed E-state index contributed by atoms with van der Waals surface area (Å²) in [5.41, 5.74) is 2.62. The summed E-state index contributed by atoms with van der Waals surface area (Å²) in [6.45, 7) is 4.18. The van der Waals surface area contributed by atoms with E-state index >= 15 is 0 Å². The topological polar surface area (TPSA) is 47.2 Å². The number of rotatable bonds is 4. The van der Waals surface area contributed by atoms with Gasteiger partial charge in [-0.3, -0.25) is 9.13 Å². The molecule has 1 unspecified atom stereocenters. The van der Waals surface area contributed by atoms with E-state index in [1.807, 2.05) is 18.2 Å². The predicted molar refractivity (Wildman–Crippen MR) is 77.2 cm³/mol. The number of hydrogen-bond acceptors (Lipinski definition) is 2. The molecule has 1 aromatic heterocycles. The molecule has 0 saturated carbocycles. The second-order valence-electron chi connectivity index (χ2n) is 5.17. The van der Waals surface area contributed by atoms with Crippen molar-refractivity contribution in [2.45, 2.75) is 32.8 Å². The highest BCUT2D eigenvalue weighted by Crippen LogP contribution is 2.28. The number of fused-ring (bicyclic) bond motifs is 1. The highest BCUT2D eigenvalue weighted by Gasteiger charge is 2.19. The van der Waals surface area contributed by atoms with Crippen molar-refractivity contribution >= 4 is 11.0 Å². The van der Waals surface area contributed by atoms with E-state index in [9.17, 15) is 9.90 Å². The van der Waals surface area contributed by atoms with Crippen LogP contribution in [-0.4, -0.2) is 14.2 Å². The maximum absolute atomic E-state index is 11.9. The molecule has 19 heavy (non-hydrogen) atoms. The van der Waals surface area contributed by atoms with Gasteiger partial charge >= 0.3 is 5.69 Å². The first-order valence-electron chi connectivity index (χ1n) is 6.84. The number of imidazole rings is 1. The van der Waals surface area contributed by atoms with E-state index in [2.05, 4.69) is 13.8 Å². The maximum atomic E-state index is 11.9. The molecule has 0 radical (unpaired) electrons. The van der Waals surface area contributed by atoms with Crippen LogP contribution in [0.5, 0.6) is 0 Å². The summed E-state index contributed by atoms with van der Waals surface area (Å²) in [6.07, 6.45) is 1.43. The lowest BCUT2D eigenvalue weighted by atomic mass is 9.91. The highest BCUT2D eigenvalue weighted by molar-refractivity contribution is 5.76. The standard InChI is InChI=1S/C15H22N2O2/c1-5-10(6-2)14(18)11-7-8-12-13(9-11)17(4)15(19)16(12)3/h7-10,14,18H,5-6H2,1-4H3. The zero-order chi connectivity index (χ0) is 14.2. The Labute approximate surface area is 113 Å². The third-order valence-corrected chi connectivity index (χ3v) is 4.13. The fourth-order valence-electron chi connectivity index (χ4n) is 2.72. The molecule has 104 valence electrons. The Kier molecular flexibility index (Phi) is 3.80. The number of benzene rings is 1. The quantitative estimate of drug-likeness (QED) is 0.919. The van der Waals surface area contributed by atoms with Crippen LogP contribution in [0.3, 0.4) is 0 Å². The van der Waals surface area contributed by atoms with Gasteiger partial charge in [0.1, 0.15) is 0 Å². The summed E-state index contributed by atoms with van der Waals surface area (Å²) in [5.74, 6) is 0.262. The molecule has 2 rings (SSSR count). The lowest BCUT2D eigenvalue weighted by Crippen LogP contribution is -2.19. The smallest absolute Gasteiger partial charge is 0.328 e. The molecule has 0 aliphatic rings. The van der Waals surface area contributed by atoms with Crippen LogP contribution in [-0.2, 0) is 14.1 Å². The monoisotopic (exact) mass is 262 g/mol. The minimum absolute atomic E-state index is 0.0378. The van der Waals surface area contributed by atoms with Crippen LogP contribution in [0.4, 0.5) is 0 Å². The molecule has 0 bridgehead atoms. The Hall–Kier alpha value is -1.55. The van der Waals surface area contributed by atoms with Gasteiger partial charge < -0.3 is 5.11 Å². The molecule has 1 atom stereocenters. The lowest BCUT2D eigenvalue weighted by Gasteiger charge is -2.20. The van der Waals surface area contributed by atoms with E-state index in [1.165, 1.54) is 0 Å². The summed E-state index contributed by atoms with van der Waals surface area (Å²) < 4.78 is 3.25. The average Bonchev–Trinajstić information content (AvgIpc) is 2.65. The summed E-state index contributed by atoms with van der Waals surface area (Å²) in [4.78, 5) is 11.9. The van der Waals surface area contributed by atoms with Gasteiger partial charge in [-0.2, -0.15) is 0 Å². The van der Waals surface area contributed by atoms with Crippen LogP contribution in [0.2, 0.25) is 0 Å². The maximum Gasteiger partial charge on any atom is 0.328 e. The first-order chi connectivity index (χ1) is 9.01. The zero-order valence-corrected chi connectivity index (χ0v) is 12.1. The largest absolute Gasteiger partial charge is 0.388 e. The number of aliphatic hydroxyl groups is 1. The van der Waals surface area contributed by atoms with Crippen LogP contribution < -0.4 is 5.69 Å². The third-order valence-electron chi connectivity index (χ3n) is 4.13. The fraction of sp³-hybridized carbons (Fsp3) is 0.533.